The largest absolute Gasteiger partial charge is 0.390 e. The second kappa shape index (κ2) is 8.56. The molecular weight excluding hydrogens is 472 g/mol. The highest BCUT2D eigenvalue weighted by molar-refractivity contribution is 7.95. The molecule has 8 heteroatoms. The van der Waals surface area contributed by atoms with Gasteiger partial charge in [0.1, 0.15) is 0 Å². The molecule has 3 N–H and O–H groups in total. The van der Waals surface area contributed by atoms with E-state index < -0.39 is 21.5 Å². The van der Waals surface area contributed by atoms with Gasteiger partial charge in [-0.25, -0.2) is 8.42 Å². The quantitative estimate of drug-likeness (QED) is 0.589. The van der Waals surface area contributed by atoms with Gasteiger partial charge in [-0.05, 0) is 85.9 Å². The van der Waals surface area contributed by atoms with Crippen molar-refractivity contribution in [2.45, 2.75) is 45.1 Å². The van der Waals surface area contributed by atoms with Crippen molar-refractivity contribution in [2.24, 2.45) is 11.7 Å². The van der Waals surface area contributed by atoms with Crippen LogP contribution in [-0.2, 0) is 16.4 Å². The van der Waals surface area contributed by atoms with Crippen LogP contribution in [0.25, 0.3) is 16.7 Å². The number of nitrogens with zero attached hydrogens (tertiary/aromatic N) is 1. The third-order valence-electron chi connectivity index (χ3n) is 7.10. The number of carbonyl (C=O) groups excluding carboxylic acids is 1. The van der Waals surface area contributed by atoms with Gasteiger partial charge in [-0.1, -0.05) is 35.9 Å². The average Bonchev–Trinajstić information content (AvgIpc) is 3.15. The molecule has 0 aromatic heterocycles. The minimum Gasteiger partial charge on any atom is -0.390 e. The number of aliphatic hydroxyl groups is 1. The molecule has 2 aromatic carbocycles. The van der Waals surface area contributed by atoms with E-state index in [4.69, 9.17) is 17.3 Å². The van der Waals surface area contributed by atoms with E-state index in [1.807, 2.05) is 19.9 Å². The lowest BCUT2D eigenvalue weighted by Crippen LogP contribution is -2.32. The fourth-order valence-corrected chi connectivity index (χ4v) is 6.08. The number of sulfonamides is 1. The van der Waals surface area contributed by atoms with Gasteiger partial charge >= 0.3 is 0 Å². The maximum atomic E-state index is 12.3. The zero-order valence-corrected chi connectivity index (χ0v) is 21.1. The first kappa shape index (κ1) is 24.5. The van der Waals surface area contributed by atoms with Crippen molar-refractivity contribution in [3.8, 4) is 11.1 Å². The van der Waals surface area contributed by atoms with Crippen molar-refractivity contribution < 1.29 is 18.3 Å². The molecule has 180 valence electrons. The Hall–Kier alpha value is -2.61. The van der Waals surface area contributed by atoms with E-state index in [0.717, 1.165) is 56.8 Å². The van der Waals surface area contributed by atoms with Crippen molar-refractivity contribution in [3.05, 3.63) is 69.6 Å². The summed E-state index contributed by atoms with van der Waals surface area (Å²) in [5.41, 5.74) is 11.4. The summed E-state index contributed by atoms with van der Waals surface area (Å²) < 4.78 is 25.8. The lowest BCUT2D eigenvalue weighted by atomic mass is 9.75. The number of nitrogens with two attached hydrogens (primary N) is 1. The summed E-state index contributed by atoms with van der Waals surface area (Å²) >= 11 is 6.75. The number of benzene rings is 2. The van der Waals surface area contributed by atoms with Gasteiger partial charge < -0.3 is 10.8 Å². The van der Waals surface area contributed by atoms with E-state index in [1.54, 1.807) is 24.3 Å². The van der Waals surface area contributed by atoms with E-state index in [2.05, 4.69) is 6.58 Å². The monoisotopic (exact) mass is 500 g/mol. The van der Waals surface area contributed by atoms with Gasteiger partial charge in [0, 0.05) is 28.6 Å². The molecule has 2 aromatic rings. The molecule has 1 atom stereocenters. The lowest BCUT2D eigenvalue weighted by Gasteiger charge is -2.33. The molecular formula is C26H29ClN2O4S. The van der Waals surface area contributed by atoms with Crippen LogP contribution in [0, 0.1) is 5.92 Å². The van der Waals surface area contributed by atoms with E-state index in [-0.39, 0.29) is 5.92 Å². The van der Waals surface area contributed by atoms with Crippen molar-refractivity contribution >= 4 is 38.8 Å². The van der Waals surface area contributed by atoms with Crippen molar-refractivity contribution in [1.29, 1.82) is 0 Å². The molecule has 0 radical (unpaired) electrons. The summed E-state index contributed by atoms with van der Waals surface area (Å²) in [4.78, 5) is 12.3. The van der Waals surface area contributed by atoms with E-state index in [0.29, 0.717) is 22.7 Å². The second-order valence-electron chi connectivity index (χ2n) is 9.58. The van der Waals surface area contributed by atoms with Gasteiger partial charge in [0.2, 0.25) is 5.91 Å². The molecule has 0 spiro atoms. The molecule has 0 fully saturated rings. The summed E-state index contributed by atoms with van der Waals surface area (Å²) in [7, 11) is -2.19. The van der Waals surface area contributed by atoms with Crippen LogP contribution in [-0.4, -0.2) is 32.1 Å². The molecule has 4 rings (SSSR count). The highest BCUT2D eigenvalue weighted by Crippen LogP contribution is 2.51. The number of carbonyl (C=O) groups is 1. The Morgan fingerprint density at radius 1 is 1.29 bits per heavy atom. The Balaban J connectivity index is 1.90. The van der Waals surface area contributed by atoms with Gasteiger partial charge in [0.25, 0.3) is 10.0 Å². The molecule has 0 unspecified atom stereocenters. The van der Waals surface area contributed by atoms with Crippen LogP contribution in [0.5, 0.6) is 0 Å². The molecule has 0 saturated carbocycles. The number of hydrogen-bond donors (Lipinski definition) is 2. The van der Waals surface area contributed by atoms with Gasteiger partial charge in [0.05, 0.1) is 11.3 Å². The third-order valence-corrected chi connectivity index (χ3v) is 8.79. The van der Waals surface area contributed by atoms with Crippen LogP contribution < -0.4 is 10.0 Å². The molecule has 0 heterocycles. The smallest absolute Gasteiger partial charge is 0.256 e. The van der Waals surface area contributed by atoms with E-state index in [9.17, 15) is 18.3 Å². The van der Waals surface area contributed by atoms with Crippen LogP contribution in [0.3, 0.4) is 0 Å². The number of allylic oxidation sites excluding steroid dienone is 2. The topological polar surface area (TPSA) is 101 Å². The number of hydrogen-bond acceptors (Lipinski definition) is 4. The maximum Gasteiger partial charge on any atom is 0.256 e. The van der Waals surface area contributed by atoms with Crippen LogP contribution in [0.4, 0.5) is 5.69 Å². The van der Waals surface area contributed by atoms with Gasteiger partial charge in [-0.3, -0.25) is 9.10 Å². The van der Waals surface area contributed by atoms with Crippen LogP contribution in [0.1, 0.15) is 54.6 Å². The summed E-state index contributed by atoms with van der Waals surface area (Å²) in [6, 6.07) is 8.74. The first-order valence-electron chi connectivity index (χ1n) is 11.2. The van der Waals surface area contributed by atoms with E-state index in [1.165, 1.54) is 12.6 Å². The molecule has 34 heavy (non-hydrogen) atoms. The number of anilines is 1. The third kappa shape index (κ3) is 4.17. The van der Waals surface area contributed by atoms with Crippen molar-refractivity contribution in [1.82, 2.24) is 0 Å². The summed E-state index contributed by atoms with van der Waals surface area (Å²) in [6.45, 7) is 7.07. The first-order valence-corrected chi connectivity index (χ1v) is 13.0. The Kier molecular flexibility index (Phi) is 6.17. The van der Waals surface area contributed by atoms with Gasteiger partial charge in [0.15, 0.2) is 0 Å². The van der Waals surface area contributed by atoms with Gasteiger partial charge in [-0.15, -0.1) is 0 Å². The predicted molar refractivity (Wildman–Crippen MR) is 137 cm³/mol. The summed E-state index contributed by atoms with van der Waals surface area (Å²) in [5, 5.41) is 11.9. The average molecular weight is 501 g/mol. The van der Waals surface area contributed by atoms with Crippen molar-refractivity contribution in [3.63, 3.8) is 0 Å². The number of rotatable bonds is 6. The van der Waals surface area contributed by atoms with Crippen molar-refractivity contribution in [2.75, 3.05) is 11.4 Å². The molecule has 2 aliphatic carbocycles. The standard InChI is InChI=1S/C26H29ClN2O4S/c1-5-34(32,33)29(4)18-8-6-7-15(12-18)23-22(27)14-21(25(28)30)20-13-16-11-17(26(2,3)31)9-10-19(16)24(20)23/h5-8,12,14,17,31H,1,9-11,13H2,2-4H3,(H2,28,30)/t17-/m1/s1. The second-order valence-corrected chi connectivity index (χ2v) is 11.9. The lowest BCUT2D eigenvalue weighted by molar-refractivity contribution is 0.0123. The molecule has 0 bridgehead atoms. The number of halogens is 1. The minimum absolute atomic E-state index is 0.123. The van der Waals surface area contributed by atoms with Crippen LogP contribution >= 0.6 is 11.6 Å². The summed E-state index contributed by atoms with van der Waals surface area (Å²) in [5.74, 6) is -0.410. The fraction of sp³-hybridized carbons (Fsp3) is 0.346. The Morgan fingerprint density at radius 2 is 2.00 bits per heavy atom. The minimum atomic E-state index is -3.66. The van der Waals surface area contributed by atoms with E-state index >= 15 is 0 Å². The number of primary amides is 1. The normalized spacial score (nSPS) is 17.9. The number of fused-ring (bicyclic) bond motifs is 2. The fourth-order valence-electron chi connectivity index (χ4n) is 5.14. The Morgan fingerprint density at radius 3 is 2.62 bits per heavy atom. The Labute approximate surface area is 205 Å². The maximum absolute atomic E-state index is 12.3. The Bertz CT molecular complexity index is 1340. The highest BCUT2D eigenvalue weighted by atomic mass is 35.5. The van der Waals surface area contributed by atoms with Gasteiger partial charge in [-0.2, -0.15) is 0 Å². The molecule has 1 amide bonds. The first-order chi connectivity index (χ1) is 15.8. The molecule has 6 nitrogen and oxygen atoms in total. The zero-order valence-electron chi connectivity index (χ0n) is 19.6. The number of amides is 1. The molecule has 0 saturated heterocycles. The highest BCUT2D eigenvalue weighted by Gasteiger charge is 2.37. The predicted octanol–water partition coefficient (Wildman–Crippen LogP) is 4.90. The van der Waals surface area contributed by atoms with Crippen LogP contribution in [0.2, 0.25) is 5.02 Å². The molecule has 0 aliphatic heterocycles. The SMILES string of the molecule is C=CS(=O)(=O)N(C)c1cccc(-c2c(Cl)cc(C(N)=O)c3c2C2=C(C3)C[C@H](C(C)(C)O)CC2)c1. The molecule has 2 aliphatic rings. The summed E-state index contributed by atoms with van der Waals surface area (Å²) in [6.07, 6.45) is 2.90. The zero-order chi connectivity index (χ0) is 25.0. The van der Waals surface area contributed by atoms with Crippen LogP contribution in [0.15, 0.2) is 47.9 Å².